The van der Waals surface area contributed by atoms with E-state index >= 15 is 0 Å². The SMILES string of the molecule is Cc1ccc(Cl)cc1NC(=S)NC(=O)C(C)C. The number of nitrogens with one attached hydrogen (secondary N) is 2. The predicted octanol–water partition coefficient (Wildman–Crippen LogP) is 3.12. The number of carbonyl (C=O) groups is 1. The minimum absolute atomic E-state index is 0.102. The number of thiocarbonyl (C=S) groups is 1. The molecule has 17 heavy (non-hydrogen) atoms. The fraction of sp³-hybridized carbons (Fsp3) is 0.333. The van der Waals surface area contributed by atoms with Crippen LogP contribution in [0.15, 0.2) is 18.2 Å². The number of rotatable bonds is 2. The zero-order valence-electron chi connectivity index (χ0n) is 10.0. The molecule has 92 valence electrons. The van der Waals surface area contributed by atoms with Crippen molar-refractivity contribution in [3.05, 3.63) is 28.8 Å². The van der Waals surface area contributed by atoms with Gasteiger partial charge in [0.05, 0.1) is 0 Å². The van der Waals surface area contributed by atoms with Crippen LogP contribution in [0, 0.1) is 12.8 Å². The lowest BCUT2D eigenvalue weighted by Gasteiger charge is -2.13. The van der Waals surface area contributed by atoms with Crippen molar-refractivity contribution in [2.24, 2.45) is 5.92 Å². The van der Waals surface area contributed by atoms with Crippen LogP contribution in [0.5, 0.6) is 0 Å². The number of halogens is 1. The zero-order chi connectivity index (χ0) is 13.0. The number of anilines is 1. The number of benzene rings is 1. The van der Waals surface area contributed by atoms with Crippen LogP contribution in [-0.4, -0.2) is 11.0 Å². The Hall–Kier alpha value is -1.13. The summed E-state index contributed by atoms with van der Waals surface area (Å²) in [6, 6.07) is 5.46. The van der Waals surface area contributed by atoms with Gasteiger partial charge in [-0.2, -0.15) is 0 Å². The van der Waals surface area contributed by atoms with E-state index in [-0.39, 0.29) is 16.9 Å². The molecule has 0 fully saturated rings. The molecule has 1 aromatic rings. The predicted molar refractivity (Wildman–Crippen MR) is 75.4 cm³/mol. The first-order valence-corrected chi connectivity index (χ1v) is 6.06. The minimum Gasteiger partial charge on any atom is -0.332 e. The van der Waals surface area contributed by atoms with Gasteiger partial charge in [0, 0.05) is 16.6 Å². The van der Waals surface area contributed by atoms with E-state index in [9.17, 15) is 4.79 Å². The molecule has 0 unspecified atom stereocenters. The summed E-state index contributed by atoms with van der Waals surface area (Å²) >= 11 is 10.9. The molecule has 0 aliphatic rings. The second-order valence-corrected chi connectivity index (χ2v) is 4.90. The molecule has 0 aromatic heterocycles. The Morgan fingerprint density at radius 2 is 2.06 bits per heavy atom. The highest BCUT2D eigenvalue weighted by molar-refractivity contribution is 7.80. The standard InChI is InChI=1S/C12H15ClN2OS/c1-7(2)11(16)15-12(17)14-10-6-9(13)5-4-8(10)3/h4-7H,1-3H3,(H2,14,15,16,17). The van der Waals surface area contributed by atoms with Crippen LogP contribution in [0.3, 0.4) is 0 Å². The van der Waals surface area contributed by atoms with Crippen molar-refractivity contribution in [1.82, 2.24) is 5.32 Å². The van der Waals surface area contributed by atoms with Gasteiger partial charge in [-0.3, -0.25) is 4.79 Å². The number of hydrogen-bond donors (Lipinski definition) is 2. The lowest BCUT2D eigenvalue weighted by molar-refractivity contribution is -0.122. The molecule has 0 saturated heterocycles. The van der Waals surface area contributed by atoms with Crippen LogP contribution in [0.25, 0.3) is 0 Å². The molecule has 3 nitrogen and oxygen atoms in total. The van der Waals surface area contributed by atoms with Gasteiger partial charge in [0.1, 0.15) is 0 Å². The molecular weight excluding hydrogens is 256 g/mol. The summed E-state index contributed by atoms with van der Waals surface area (Å²) in [5.74, 6) is -0.211. The molecule has 0 aliphatic carbocycles. The third-order valence-electron chi connectivity index (χ3n) is 2.21. The van der Waals surface area contributed by atoms with Gasteiger partial charge < -0.3 is 10.6 Å². The lowest BCUT2D eigenvalue weighted by atomic mass is 10.2. The Balaban J connectivity index is 2.68. The highest BCUT2D eigenvalue weighted by Crippen LogP contribution is 2.19. The van der Waals surface area contributed by atoms with E-state index in [0.29, 0.717) is 5.02 Å². The summed E-state index contributed by atoms with van der Waals surface area (Å²) in [5, 5.41) is 6.47. The van der Waals surface area contributed by atoms with Crippen LogP contribution in [-0.2, 0) is 4.79 Å². The average molecular weight is 271 g/mol. The molecular formula is C12H15ClN2OS. The quantitative estimate of drug-likeness (QED) is 0.812. The second kappa shape index (κ2) is 5.98. The van der Waals surface area contributed by atoms with Gasteiger partial charge in [-0.15, -0.1) is 0 Å². The highest BCUT2D eigenvalue weighted by Gasteiger charge is 2.09. The molecule has 0 heterocycles. The summed E-state index contributed by atoms with van der Waals surface area (Å²) < 4.78 is 0. The van der Waals surface area contributed by atoms with Gasteiger partial charge in [0.15, 0.2) is 5.11 Å². The lowest BCUT2D eigenvalue weighted by Crippen LogP contribution is -2.36. The van der Waals surface area contributed by atoms with Crippen molar-refractivity contribution in [3.8, 4) is 0 Å². The zero-order valence-corrected chi connectivity index (χ0v) is 11.6. The van der Waals surface area contributed by atoms with Crippen LogP contribution in [0.2, 0.25) is 5.02 Å². The maximum atomic E-state index is 11.4. The summed E-state index contributed by atoms with van der Waals surface area (Å²) in [6.45, 7) is 5.55. The smallest absolute Gasteiger partial charge is 0.228 e. The van der Waals surface area contributed by atoms with Gasteiger partial charge in [-0.05, 0) is 36.8 Å². The number of hydrogen-bond acceptors (Lipinski definition) is 2. The second-order valence-electron chi connectivity index (χ2n) is 4.06. The van der Waals surface area contributed by atoms with Crippen molar-refractivity contribution >= 4 is 40.5 Å². The van der Waals surface area contributed by atoms with E-state index < -0.39 is 0 Å². The summed E-state index contributed by atoms with van der Waals surface area (Å²) in [5.41, 5.74) is 1.81. The Kier molecular flexibility index (Phi) is 4.90. The van der Waals surface area contributed by atoms with Crippen LogP contribution < -0.4 is 10.6 Å². The van der Waals surface area contributed by atoms with E-state index in [2.05, 4.69) is 10.6 Å². The Labute approximate surface area is 112 Å². The van der Waals surface area contributed by atoms with E-state index in [1.165, 1.54) is 0 Å². The maximum absolute atomic E-state index is 11.4. The molecule has 1 rings (SSSR count). The minimum atomic E-state index is -0.109. The van der Waals surface area contributed by atoms with E-state index in [1.54, 1.807) is 12.1 Å². The first-order valence-electron chi connectivity index (χ1n) is 5.28. The molecule has 2 N–H and O–H groups in total. The molecule has 0 saturated carbocycles. The molecule has 0 atom stereocenters. The van der Waals surface area contributed by atoms with E-state index in [1.807, 2.05) is 26.8 Å². The third-order valence-corrected chi connectivity index (χ3v) is 2.65. The van der Waals surface area contributed by atoms with Gasteiger partial charge in [-0.1, -0.05) is 31.5 Å². The first kappa shape index (κ1) is 13.9. The summed E-state index contributed by atoms with van der Waals surface area (Å²) in [7, 11) is 0. The van der Waals surface area contributed by atoms with Crippen molar-refractivity contribution in [3.63, 3.8) is 0 Å². The maximum Gasteiger partial charge on any atom is 0.228 e. The molecule has 0 bridgehead atoms. The molecule has 0 radical (unpaired) electrons. The van der Waals surface area contributed by atoms with E-state index in [4.69, 9.17) is 23.8 Å². The molecule has 1 aromatic carbocycles. The normalized spacial score (nSPS) is 10.2. The molecule has 0 aliphatic heterocycles. The Morgan fingerprint density at radius 1 is 1.41 bits per heavy atom. The largest absolute Gasteiger partial charge is 0.332 e. The van der Waals surface area contributed by atoms with E-state index in [0.717, 1.165) is 11.3 Å². The number of amides is 1. The molecule has 1 amide bonds. The Bertz CT molecular complexity index is 446. The van der Waals surface area contributed by atoms with Gasteiger partial charge in [-0.25, -0.2) is 0 Å². The third kappa shape index (κ3) is 4.32. The van der Waals surface area contributed by atoms with Crippen LogP contribution in [0.4, 0.5) is 5.69 Å². The number of carbonyl (C=O) groups excluding carboxylic acids is 1. The molecule has 0 spiro atoms. The van der Waals surface area contributed by atoms with Crippen molar-refractivity contribution < 1.29 is 4.79 Å². The summed E-state index contributed by atoms with van der Waals surface area (Å²) in [6.07, 6.45) is 0. The van der Waals surface area contributed by atoms with Crippen LogP contribution >= 0.6 is 23.8 Å². The van der Waals surface area contributed by atoms with Gasteiger partial charge in [0.2, 0.25) is 5.91 Å². The van der Waals surface area contributed by atoms with Gasteiger partial charge in [0.25, 0.3) is 0 Å². The topological polar surface area (TPSA) is 41.1 Å². The summed E-state index contributed by atoms with van der Waals surface area (Å²) in [4.78, 5) is 11.4. The fourth-order valence-corrected chi connectivity index (χ4v) is 1.52. The van der Waals surface area contributed by atoms with Gasteiger partial charge >= 0.3 is 0 Å². The average Bonchev–Trinajstić information content (AvgIpc) is 2.23. The van der Waals surface area contributed by atoms with Crippen LogP contribution in [0.1, 0.15) is 19.4 Å². The fourth-order valence-electron chi connectivity index (χ4n) is 1.14. The monoisotopic (exact) mass is 270 g/mol. The van der Waals surface area contributed by atoms with Crippen molar-refractivity contribution in [2.75, 3.05) is 5.32 Å². The first-order chi connectivity index (χ1) is 7.90. The molecule has 5 heteroatoms. The van der Waals surface area contributed by atoms with Crippen molar-refractivity contribution in [2.45, 2.75) is 20.8 Å². The number of aryl methyl sites for hydroxylation is 1. The van der Waals surface area contributed by atoms with Crippen molar-refractivity contribution in [1.29, 1.82) is 0 Å². The highest BCUT2D eigenvalue weighted by atomic mass is 35.5. The Morgan fingerprint density at radius 3 is 2.65 bits per heavy atom.